The third kappa shape index (κ3) is 2.24. The molecule has 0 aliphatic rings. The predicted octanol–water partition coefficient (Wildman–Crippen LogP) is 6.29. The molecule has 2 heterocycles. The molecule has 27 heavy (non-hydrogen) atoms. The number of rotatable bonds is 1. The van der Waals surface area contributed by atoms with E-state index in [0.29, 0.717) is 28.0 Å². The van der Waals surface area contributed by atoms with Crippen molar-refractivity contribution in [3.63, 3.8) is 0 Å². The van der Waals surface area contributed by atoms with Gasteiger partial charge in [-0.2, -0.15) is 5.26 Å². The zero-order valence-corrected chi connectivity index (χ0v) is 14.1. The number of aryl methyl sites for hydroxylation is 2. The number of hydrogen-bond donors (Lipinski definition) is 0. The quantitative estimate of drug-likeness (QED) is 0.355. The van der Waals surface area contributed by atoms with Crippen LogP contribution >= 0.6 is 0 Å². The van der Waals surface area contributed by atoms with E-state index in [-0.39, 0.29) is 11.1 Å². The molecule has 2 aromatic heterocycles. The average molecular weight is 354 g/mol. The second kappa shape index (κ2) is 5.69. The fraction of sp³-hybridized carbons (Fsp3) is 0.0833. The van der Waals surface area contributed by atoms with Gasteiger partial charge in [0.2, 0.25) is 0 Å². The van der Waals surface area contributed by atoms with Gasteiger partial charge in [0.15, 0.2) is 0 Å². The molecule has 0 radical (unpaired) electrons. The van der Waals surface area contributed by atoms with Crippen molar-refractivity contribution in [3.05, 3.63) is 77.5 Å². The molecule has 0 aliphatic heterocycles. The Morgan fingerprint density at radius 3 is 2.59 bits per heavy atom. The summed E-state index contributed by atoms with van der Waals surface area (Å²) in [5.74, 6) is 0. The first kappa shape index (κ1) is 10.5. The molecule has 128 valence electrons. The first-order chi connectivity index (χ1) is 15.6. The maximum atomic E-state index is 9.60. The number of aromatic nitrogens is 1. The van der Waals surface area contributed by atoms with E-state index >= 15 is 0 Å². The van der Waals surface area contributed by atoms with Crippen molar-refractivity contribution in [2.75, 3.05) is 0 Å². The minimum Gasteiger partial charge on any atom is -0.455 e. The third-order valence-corrected chi connectivity index (χ3v) is 4.81. The van der Waals surface area contributed by atoms with Gasteiger partial charge in [-0.1, -0.05) is 36.4 Å². The van der Waals surface area contributed by atoms with Crippen LogP contribution in [0.1, 0.15) is 24.9 Å². The van der Waals surface area contributed by atoms with E-state index < -0.39 is 13.7 Å². The van der Waals surface area contributed by atoms with Gasteiger partial charge in [-0.05, 0) is 48.4 Å². The molecule has 0 saturated carbocycles. The van der Waals surface area contributed by atoms with Crippen LogP contribution in [0.5, 0.6) is 0 Å². The summed E-state index contributed by atoms with van der Waals surface area (Å²) < 4.78 is 52.7. The Morgan fingerprint density at radius 2 is 1.78 bits per heavy atom. The molecule has 0 unspecified atom stereocenters. The highest BCUT2D eigenvalue weighted by Crippen LogP contribution is 2.39. The van der Waals surface area contributed by atoms with Crippen molar-refractivity contribution in [2.45, 2.75) is 13.7 Å². The topological polar surface area (TPSA) is 49.8 Å². The minimum absolute atomic E-state index is 0.266. The summed E-state index contributed by atoms with van der Waals surface area (Å²) in [6, 6.07) is 18.2. The number of fused-ring (bicyclic) bond motifs is 5. The first-order valence-electron chi connectivity index (χ1n) is 11.4. The maximum Gasteiger partial charge on any atom is 0.144 e. The predicted molar refractivity (Wildman–Crippen MR) is 109 cm³/mol. The molecule has 5 rings (SSSR count). The highest BCUT2D eigenvalue weighted by atomic mass is 16.3. The average Bonchev–Trinajstić information content (AvgIpc) is 3.15. The summed E-state index contributed by atoms with van der Waals surface area (Å²) in [6.07, 6.45) is 1.11. The van der Waals surface area contributed by atoms with Crippen molar-refractivity contribution >= 4 is 32.7 Å². The Morgan fingerprint density at radius 1 is 0.963 bits per heavy atom. The van der Waals surface area contributed by atoms with E-state index in [0.717, 1.165) is 27.7 Å². The fourth-order valence-electron chi connectivity index (χ4n) is 3.56. The summed E-state index contributed by atoms with van der Waals surface area (Å²) in [7, 11) is 0. The first-order valence-corrected chi connectivity index (χ1v) is 8.38. The lowest BCUT2D eigenvalue weighted by Crippen LogP contribution is -1.88. The van der Waals surface area contributed by atoms with Gasteiger partial charge >= 0.3 is 0 Å². The summed E-state index contributed by atoms with van der Waals surface area (Å²) in [4.78, 5) is 4.28. The Balaban J connectivity index is 1.84. The Hall–Kier alpha value is -3.64. The van der Waals surface area contributed by atoms with Crippen LogP contribution in [0, 0.1) is 25.0 Å². The second-order valence-electron chi connectivity index (χ2n) is 6.35. The van der Waals surface area contributed by atoms with E-state index in [1.165, 1.54) is 6.07 Å². The number of pyridine rings is 1. The fourth-order valence-corrected chi connectivity index (χ4v) is 3.56. The highest BCUT2D eigenvalue weighted by molar-refractivity contribution is 6.21. The van der Waals surface area contributed by atoms with Crippen LogP contribution in [0.2, 0.25) is 0 Å². The van der Waals surface area contributed by atoms with Crippen LogP contribution in [-0.4, -0.2) is 4.98 Å². The molecule has 3 nitrogen and oxygen atoms in total. The minimum atomic E-state index is -2.62. The number of para-hydroxylation sites is 1. The Labute approximate surface area is 164 Å². The number of benzene rings is 3. The molecule has 3 aromatic carbocycles. The van der Waals surface area contributed by atoms with E-state index in [2.05, 4.69) is 11.1 Å². The zero-order chi connectivity index (χ0) is 23.5. The van der Waals surface area contributed by atoms with Crippen LogP contribution in [0.25, 0.3) is 44.0 Å². The van der Waals surface area contributed by atoms with E-state index in [4.69, 9.17) is 12.6 Å². The molecule has 0 spiro atoms. The van der Waals surface area contributed by atoms with Gasteiger partial charge in [-0.15, -0.1) is 0 Å². The van der Waals surface area contributed by atoms with Gasteiger partial charge in [0.05, 0.1) is 17.3 Å². The van der Waals surface area contributed by atoms with Crippen molar-refractivity contribution < 1.29 is 12.6 Å². The highest BCUT2D eigenvalue weighted by Gasteiger charge is 2.17. The molecule has 0 saturated heterocycles. The van der Waals surface area contributed by atoms with Crippen molar-refractivity contribution in [1.82, 2.24) is 4.98 Å². The van der Waals surface area contributed by atoms with Gasteiger partial charge in [0.1, 0.15) is 11.2 Å². The van der Waals surface area contributed by atoms with E-state index in [1.54, 1.807) is 12.1 Å². The maximum absolute atomic E-state index is 9.60. The van der Waals surface area contributed by atoms with Crippen LogP contribution in [0.4, 0.5) is 0 Å². The molecule has 0 aliphatic carbocycles. The monoisotopic (exact) mass is 354 g/mol. The van der Waals surface area contributed by atoms with Crippen LogP contribution in [0.15, 0.2) is 65.2 Å². The smallest absolute Gasteiger partial charge is 0.144 e. The molecule has 0 atom stereocenters. The second-order valence-corrected chi connectivity index (χ2v) is 6.35. The summed E-state index contributed by atoms with van der Waals surface area (Å²) in [6.45, 7) is -5.23. The zero-order valence-electron chi connectivity index (χ0n) is 20.1. The van der Waals surface area contributed by atoms with E-state index in [1.807, 2.05) is 36.4 Å². The lowest BCUT2D eigenvalue weighted by atomic mass is 9.98. The molecule has 0 bridgehead atoms. The largest absolute Gasteiger partial charge is 0.455 e. The third-order valence-electron chi connectivity index (χ3n) is 4.81. The van der Waals surface area contributed by atoms with Gasteiger partial charge in [0, 0.05) is 36.1 Å². The van der Waals surface area contributed by atoms with Crippen LogP contribution in [0.3, 0.4) is 0 Å². The molecular formula is C24H16N2O. The molecule has 0 fully saturated rings. The standard InChI is InChI=1S/C24H16N2O/c1-14-10-21(26-13-15(14)2)19-8-5-9-20-23-18-7-4-3-6-17(18)16(12-25)11-22(23)27-24(19)20/h3-11,13H,1-2H3/i1D3,2D3. The summed E-state index contributed by atoms with van der Waals surface area (Å²) in [5, 5.41) is 12.9. The number of furan rings is 1. The number of nitrogens with zero attached hydrogens (tertiary/aromatic N) is 2. The van der Waals surface area contributed by atoms with Crippen molar-refractivity contribution in [3.8, 4) is 17.3 Å². The van der Waals surface area contributed by atoms with Gasteiger partial charge < -0.3 is 4.42 Å². The number of hydrogen-bond acceptors (Lipinski definition) is 3. The molecule has 5 aromatic rings. The molecule has 0 N–H and O–H groups in total. The normalized spacial score (nSPS) is 15.5. The van der Waals surface area contributed by atoms with Gasteiger partial charge in [0.25, 0.3) is 0 Å². The SMILES string of the molecule is [2H]C([2H])([2H])c1cnc(-c2cccc3c2oc2cc(C#N)c4ccccc4c23)cc1C([2H])([2H])[2H]. The van der Waals surface area contributed by atoms with E-state index in [9.17, 15) is 5.26 Å². The summed E-state index contributed by atoms with van der Waals surface area (Å²) in [5.41, 5.74) is 1.77. The molecule has 0 amide bonds. The van der Waals surface area contributed by atoms with Crippen LogP contribution < -0.4 is 0 Å². The summed E-state index contributed by atoms with van der Waals surface area (Å²) >= 11 is 0. The lowest BCUT2D eigenvalue weighted by molar-refractivity contribution is 0.670. The Kier molecular flexibility index (Phi) is 2.21. The lowest BCUT2D eigenvalue weighted by Gasteiger charge is -2.05. The number of nitriles is 1. The van der Waals surface area contributed by atoms with Gasteiger partial charge in [-0.3, -0.25) is 4.98 Å². The van der Waals surface area contributed by atoms with Crippen molar-refractivity contribution in [2.24, 2.45) is 0 Å². The molecule has 3 heteroatoms. The molecular weight excluding hydrogens is 332 g/mol. The van der Waals surface area contributed by atoms with Gasteiger partial charge in [-0.25, -0.2) is 0 Å². The van der Waals surface area contributed by atoms with Crippen molar-refractivity contribution in [1.29, 1.82) is 5.26 Å². The van der Waals surface area contributed by atoms with Crippen LogP contribution in [-0.2, 0) is 0 Å². The Bertz CT molecular complexity index is 1610.